The number of carbonyl (C=O) groups excluding carboxylic acids is 2. The lowest BCUT2D eigenvalue weighted by molar-refractivity contribution is -0.144. The summed E-state index contributed by atoms with van der Waals surface area (Å²) in [5.41, 5.74) is 1.01. The summed E-state index contributed by atoms with van der Waals surface area (Å²) in [6, 6.07) is 4.09. The molecule has 1 aromatic heterocycles. The maximum absolute atomic E-state index is 13.1. The second-order valence-corrected chi connectivity index (χ2v) is 9.29. The Morgan fingerprint density at radius 2 is 1.78 bits per heavy atom. The second-order valence-electron chi connectivity index (χ2n) is 9.29. The number of hydrogen-bond acceptors (Lipinski definition) is 2. The van der Waals surface area contributed by atoms with Gasteiger partial charge >= 0.3 is 0 Å². The molecule has 0 saturated heterocycles. The largest absolute Gasteiger partial charge is 0.353 e. The van der Waals surface area contributed by atoms with E-state index in [0.29, 0.717) is 25.4 Å². The Labute approximate surface area is 165 Å². The molecule has 0 aliphatic carbocycles. The van der Waals surface area contributed by atoms with Crippen LogP contribution in [-0.4, -0.2) is 45.3 Å². The summed E-state index contributed by atoms with van der Waals surface area (Å²) in [4.78, 5) is 29.7. The zero-order valence-electron chi connectivity index (χ0n) is 18.6. The topological polar surface area (TPSA) is 45.6 Å². The average molecular weight is 378 g/mol. The Morgan fingerprint density at radius 1 is 1.15 bits per heavy atom. The minimum Gasteiger partial charge on any atom is -0.353 e. The fourth-order valence-electron chi connectivity index (χ4n) is 3.06. The van der Waals surface area contributed by atoms with Gasteiger partial charge in [-0.2, -0.15) is 0 Å². The third kappa shape index (κ3) is 7.77. The fourth-order valence-corrected chi connectivity index (χ4v) is 3.06. The van der Waals surface area contributed by atoms with Crippen molar-refractivity contribution in [1.82, 2.24) is 14.4 Å². The van der Waals surface area contributed by atoms with E-state index in [2.05, 4.69) is 41.5 Å². The Kier molecular flexibility index (Phi) is 8.58. The number of carbonyl (C=O) groups is 2. The van der Waals surface area contributed by atoms with Crippen molar-refractivity contribution in [3.05, 3.63) is 24.0 Å². The van der Waals surface area contributed by atoms with E-state index in [-0.39, 0.29) is 29.8 Å². The summed E-state index contributed by atoms with van der Waals surface area (Å²) in [7, 11) is 1.99. The van der Waals surface area contributed by atoms with Crippen LogP contribution in [0.5, 0.6) is 0 Å². The number of rotatable bonds is 9. The molecule has 0 fully saturated rings. The second kappa shape index (κ2) is 9.95. The SMILES string of the molecule is CC[C@H](C)N(CC(=O)N(Cc1cccn1C)CC(C)C)C(=O)CC(C)(C)C. The van der Waals surface area contributed by atoms with Crippen molar-refractivity contribution in [3.8, 4) is 0 Å². The van der Waals surface area contributed by atoms with Gasteiger partial charge in [0.15, 0.2) is 0 Å². The van der Waals surface area contributed by atoms with Gasteiger partial charge in [0, 0.05) is 37.9 Å². The Morgan fingerprint density at radius 3 is 2.22 bits per heavy atom. The number of aryl methyl sites for hydroxylation is 1. The first-order valence-corrected chi connectivity index (χ1v) is 10.1. The van der Waals surface area contributed by atoms with Crippen LogP contribution in [0.2, 0.25) is 0 Å². The zero-order chi connectivity index (χ0) is 20.8. The van der Waals surface area contributed by atoms with Gasteiger partial charge in [0.05, 0.1) is 13.1 Å². The molecule has 0 aromatic carbocycles. The summed E-state index contributed by atoms with van der Waals surface area (Å²) >= 11 is 0. The van der Waals surface area contributed by atoms with Crippen LogP contribution < -0.4 is 0 Å². The molecular weight excluding hydrogens is 338 g/mol. The van der Waals surface area contributed by atoms with Crippen LogP contribution in [0.3, 0.4) is 0 Å². The van der Waals surface area contributed by atoms with E-state index in [1.807, 2.05) is 41.8 Å². The van der Waals surface area contributed by atoms with Crippen LogP contribution in [-0.2, 0) is 23.2 Å². The standard InChI is InChI=1S/C22H39N3O2/c1-9-18(4)25(20(26)13-22(5,6)7)16-21(27)24(14-17(2)3)15-19-11-10-12-23(19)8/h10-12,17-18H,9,13-16H2,1-8H3/t18-/m0/s1. The van der Waals surface area contributed by atoms with E-state index in [0.717, 1.165) is 12.1 Å². The molecule has 1 atom stereocenters. The van der Waals surface area contributed by atoms with Crippen molar-refractivity contribution < 1.29 is 9.59 Å². The molecule has 5 nitrogen and oxygen atoms in total. The van der Waals surface area contributed by atoms with Crippen molar-refractivity contribution in [2.45, 2.75) is 73.9 Å². The first-order chi connectivity index (χ1) is 12.4. The Balaban J connectivity index is 2.96. The van der Waals surface area contributed by atoms with Gasteiger partial charge in [-0.25, -0.2) is 0 Å². The smallest absolute Gasteiger partial charge is 0.242 e. The van der Waals surface area contributed by atoms with Crippen LogP contribution in [0.1, 0.15) is 67.0 Å². The van der Waals surface area contributed by atoms with E-state index in [4.69, 9.17) is 0 Å². The Hall–Kier alpha value is -1.78. The first kappa shape index (κ1) is 23.3. The summed E-state index contributed by atoms with van der Waals surface area (Å²) in [5, 5.41) is 0. The minimum atomic E-state index is -0.0908. The first-order valence-electron chi connectivity index (χ1n) is 10.1. The van der Waals surface area contributed by atoms with Crippen LogP contribution in [0.25, 0.3) is 0 Å². The average Bonchev–Trinajstić information content (AvgIpc) is 2.93. The number of amides is 2. The number of hydrogen-bond donors (Lipinski definition) is 0. The molecule has 0 spiro atoms. The third-order valence-corrected chi connectivity index (χ3v) is 4.77. The van der Waals surface area contributed by atoms with Crippen molar-refractivity contribution in [3.63, 3.8) is 0 Å². The predicted octanol–water partition coefficient (Wildman–Crippen LogP) is 4.07. The number of nitrogens with zero attached hydrogens (tertiary/aromatic N) is 3. The summed E-state index contributed by atoms with van der Waals surface area (Å²) < 4.78 is 2.04. The molecule has 154 valence electrons. The molecule has 27 heavy (non-hydrogen) atoms. The van der Waals surface area contributed by atoms with Gasteiger partial charge in [0.25, 0.3) is 0 Å². The lowest BCUT2D eigenvalue weighted by atomic mass is 9.91. The normalized spacial score (nSPS) is 12.9. The highest BCUT2D eigenvalue weighted by Gasteiger charge is 2.28. The molecule has 5 heteroatoms. The minimum absolute atomic E-state index is 0.0208. The van der Waals surface area contributed by atoms with Crippen molar-refractivity contribution in [1.29, 1.82) is 0 Å². The van der Waals surface area contributed by atoms with E-state index in [9.17, 15) is 9.59 Å². The molecule has 0 N–H and O–H groups in total. The molecular formula is C22H39N3O2. The van der Waals surface area contributed by atoms with E-state index < -0.39 is 0 Å². The molecule has 1 rings (SSSR count). The number of aromatic nitrogens is 1. The van der Waals surface area contributed by atoms with Crippen LogP contribution in [0.15, 0.2) is 18.3 Å². The quantitative estimate of drug-likeness (QED) is 0.651. The molecule has 0 unspecified atom stereocenters. The van der Waals surface area contributed by atoms with E-state index in [1.165, 1.54) is 0 Å². The highest BCUT2D eigenvalue weighted by Crippen LogP contribution is 2.21. The summed E-state index contributed by atoms with van der Waals surface area (Å²) in [6.07, 6.45) is 3.28. The van der Waals surface area contributed by atoms with Crippen LogP contribution in [0.4, 0.5) is 0 Å². The van der Waals surface area contributed by atoms with Gasteiger partial charge in [-0.1, -0.05) is 41.5 Å². The van der Waals surface area contributed by atoms with Gasteiger partial charge < -0.3 is 14.4 Å². The molecule has 0 bridgehead atoms. The zero-order valence-corrected chi connectivity index (χ0v) is 18.6. The lowest BCUT2D eigenvalue weighted by Crippen LogP contribution is -2.47. The molecule has 2 amide bonds. The lowest BCUT2D eigenvalue weighted by Gasteiger charge is -2.33. The highest BCUT2D eigenvalue weighted by molar-refractivity contribution is 5.85. The monoisotopic (exact) mass is 377 g/mol. The molecule has 0 aliphatic rings. The van der Waals surface area contributed by atoms with E-state index >= 15 is 0 Å². The highest BCUT2D eigenvalue weighted by atomic mass is 16.2. The van der Waals surface area contributed by atoms with Gasteiger partial charge in [-0.15, -0.1) is 0 Å². The Bertz CT molecular complexity index is 613. The van der Waals surface area contributed by atoms with Gasteiger partial charge in [-0.3, -0.25) is 9.59 Å². The maximum atomic E-state index is 13.1. The van der Waals surface area contributed by atoms with Crippen LogP contribution in [0, 0.1) is 11.3 Å². The molecule has 1 heterocycles. The molecule has 0 aliphatic heterocycles. The van der Waals surface area contributed by atoms with Crippen molar-refractivity contribution >= 4 is 11.8 Å². The van der Waals surface area contributed by atoms with Gasteiger partial charge in [-0.05, 0) is 36.8 Å². The summed E-state index contributed by atoms with van der Waals surface area (Å²) in [5.74, 6) is 0.456. The van der Waals surface area contributed by atoms with Crippen molar-refractivity contribution in [2.24, 2.45) is 18.4 Å². The molecule has 1 aromatic rings. The molecule has 0 saturated carbocycles. The van der Waals surface area contributed by atoms with Gasteiger partial charge in [0.2, 0.25) is 11.8 Å². The predicted molar refractivity (Wildman–Crippen MR) is 111 cm³/mol. The summed E-state index contributed by atoms with van der Waals surface area (Å²) in [6.45, 7) is 15.9. The van der Waals surface area contributed by atoms with Crippen molar-refractivity contribution in [2.75, 3.05) is 13.1 Å². The van der Waals surface area contributed by atoms with Crippen LogP contribution >= 0.6 is 0 Å². The molecule has 0 radical (unpaired) electrons. The fraction of sp³-hybridized carbons (Fsp3) is 0.727. The maximum Gasteiger partial charge on any atom is 0.242 e. The third-order valence-electron chi connectivity index (χ3n) is 4.77. The van der Waals surface area contributed by atoms with Gasteiger partial charge in [0.1, 0.15) is 0 Å². The van der Waals surface area contributed by atoms with E-state index in [1.54, 1.807) is 4.90 Å².